The molecule has 26 heavy (non-hydrogen) atoms. The molecule has 0 bridgehead atoms. The molecule has 3 rings (SSSR count). The van der Waals surface area contributed by atoms with Gasteiger partial charge in [-0.1, -0.05) is 6.92 Å². The third kappa shape index (κ3) is 4.98. The number of nitrogens with zero attached hydrogens (tertiary/aromatic N) is 2. The number of fused-ring (bicyclic) bond motifs is 1. The number of hydrogen-bond acceptors (Lipinski definition) is 4. The molecule has 3 aromatic rings. The van der Waals surface area contributed by atoms with Crippen molar-refractivity contribution in [3.05, 3.63) is 59.0 Å². The second-order valence-corrected chi connectivity index (χ2v) is 6.65. The Morgan fingerprint density at radius 1 is 1.12 bits per heavy atom. The molecule has 0 unspecified atom stereocenters. The molecule has 0 atom stereocenters. The summed E-state index contributed by atoms with van der Waals surface area (Å²) in [5, 5.41) is 2.81. The van der Waals surface area contributed by atoms with Crippen LogP contribution in [0.2, 0.25) is 0 Å². The van der Waals surface area contributed by atoms with E-state index < -0.39 is 0 Å². The van der Waals surface area contributed by atoms with Crippen LogP contribution in [0.15, 0.2) is 53.3 Å². The van der Waals surface area contributed by atoms with Gasteiger partial charge in [-0.3, -0.25) is 4.79 Å². The monoisotopic (exact) mass is 417 g/mol. The van der Waals surface area contributed by atoms with Crippen molar-refractivity contribution in [2.45, 2.75) is 19.9 Å². The highest BCUT2D eigenvalue weighted by Gasteiger charge is 2.06. The summed E-state index contributed by atoms with van der Waals surface area (Å²) in [6.07, 6.45) is 4.77. The molecule has 0 aliphatic carbocycles. The second kappa shape index (κ2) is 8.71. The zero-order valence-electron chi connectivity index (χ0n) is 14.4. The molecule has 2 aromatic heterocycles. The number of amides is 1. The number of nitrogens with one attached hydrogen (secondary N) is 1. The highest BCUT2D eigenvalue weighted by molar-refractivity contribution is 9.10. The van der Waals surface area contributed by atoms with E-state index in [2.05, 4.69) is 33.2 Å². The van der Waals surface area contributed by atoms with Crippen LogP contribution in [-0.2, 0) is 11.3 Å². The van der Waals surface area contributed by atoms with E-state index in [1.807, 2.05) is 41.1 Å². The molecule has 0 saturated heterocycles. The first-order valence-corrected chi connectivity index (χ1v) is 9.19. The molecule has 0 fully saturated rings. The average molecular weight is 418 g/mol. The van der Waals surface area contributed by atoms with Gasteiger partial charge < -0.3 is 19.2 Å². The summed E-state index contributed by atoms with van der Waals surface area (Å²) < 4.78 is 13.9. The van der Waals surface area contributed by atoms with Crippen molar-refractivity contribution in [2.75, 3.05) is 13.2 Å². The van der Waals surface area contributed by atoms with Gasteiger partial charge in [0, 0.05) is 16.9 Å². The van der Waals surface area contributed by atoms with E-state index in [0.717, 1.165) is 28.0 Å². The van der Waals surface area contributed by atoms with Crippen molar-refractivity contribution in [2.24, 2.45) is 0 Å². The van der Waals surface area contributed by atoms with Crippen molar-refractivity contribution in [1.29, 1.82) is 0 Å². The van der Waals surface area contributed by atoms with Gasteiger partial charge in [0.15, 0.2) is 6.61 Å². The molecule has 0 aliphatic heterocycles. The van der Waals surface area contributed by atoms with Crippen LogP contribution in [0.5, 0.6) is 11.5 Å². The van der Waals surface area contributed by atoms with Gasteiger partial charge in [0.1, 0.15) is 17.1 Å². The van der Waals surface area contributed by atoms with Gasteiger partial charge in [-0.05, 0) is 58.7 Å². The number of aromatic nitrogens is 2. The SMILES string of the molecule is CCCOc1ccc(OCC(=O)NCc2cn3cc(Br)ccc3n2)cc1. The van der Waals surface area contributed by atoms with Gasteiger partial charge in [-0.15, -0.1) is 0 Å². The largest absolute Gasteiger partial charge is 0.494 e. The fraction of sp³-hybridized carbons (Fsp3) is 0.263. The fourth-order valence-electron chi connectivity index (χ4n) is 2.34. The molecule has 0 saturated carbocycles. The number of benzene rings is 1. The number of imidazole rings is 1. The average Bonchev–Trinajstić information content (AvgIpc) is 3.06. The Hall–Kier alpha value is -2.54. The highest BCUT2D eigenvalue weighted by Crippen LogP contribution is 2.17. The number of halogens is 1. The lowest BCUT2D eigenvalue weighted by molar-refractivity contribution is -0.123. The maximum Gasteiger partial charge on any atom is 0.258 e. The lowest BCUT2D eigenvalue weighted by atomic mass is 10.3. The zero-order valence-corrected chi connectivity index (χ0v) is 16.0. The van der Waals surface area contributed by atoms with Crippen LogP contribution >= 0.6 is 15.9 Å². The first-order valence-electron chi connectivity index (χ1n) is 8.39. The molecular weight excluding hydrogens is 398 g/mol. The number of hydrogen-bond donors (Lipinski definition) is 1. The molecule has 0 aliphatic rings. The van der Waals surface area contributed by atoms with Gasteiger partial charge in [0.05, 0.1) is 18.8 Å². The van der Waals surface area contributed by atoms with Gasteiger partial charge in [0.25, 0.3) is 5.91 Å². The minimum absolute atomic E-state index is 0.0475. The molecule has 1 aromatic carbocycles. The number of rotatable bonds is 8. The Kier molecular flexibility index (Phi) is 6.12. The summed E-state index contributed by atoms with van der Waals surface area (Å²) in [6, 6.07) is 11.1. The van der Waals surface area contributed by atoms with Crippen molar-refractivity contribution in [1.82, 2.24) is 14.7 Å². The predicted octanol–water partition coefficient (Wildman–Crippen LogP) is 3.58. The van der Waals surface area contributed by atoms with E-state index in [1.165, 1.54) is 0 Å². The van der Waals surface area contributed by atoms with Crippen LogP contribution in [0.3, 0.4) is 0 Å². The second-order valence-electron chi connectivity index (χ2n) is 5.73. The summed E-state index contributed by atoms with van der Waals surface area (Å²) in [4.78, 5) is 16.4. The van der Waals surface area contributed by atoms with E-state index in [0.29, 0.717) is 18.9 Å². The molecule has 1 amide bonds. The summed E-state index contributed by atoms with van der Waals surface area (Å²) >= 11 is 3.42. The number of pyridine rings is 1. The van der Waals surface area contributed by atoms with E-state index in [4.69, 9.17) is 9.47 Å². The first-order chi connectivity index (χ1) is 12.6. The molecule has 6 nitrogen and oxygen atoms in total. The summed E-state index contributed by atoms with van der Waals surface area (Å²) in [7, 11) is 0. The number of ether oxygens (including phenoxy) is 2. The van der Waals surface area contributed by atoms with Crippen molar-refractivity contribution < 1.29 is 14.3 Å². The molecular formula is C19H20BrN3O3. The topological polar surface area (TPSA) is 64.9 Å². The number of carbonyl (C=O) groups is 1. The first kappa shape index (κ1) is 18.3. The molecule has 136 valence electrons. The Morgan fingerprint density at radius 2 is 1.85 bits per heavy atom. The summed E-state index contributed by atoms with van der Waals surface area (Å²) in [6.45, 7) is 3.04. The Morgan fingerprint density at radius 3 is 2.58 bits per heavy atom. The maximum absolute atomic E-state index is 12.0. The van der Waals surface area contributed by atoms with Crippen molar-refractivity contribution >= 4 is 27.5 Å². The van der Waals surface area contributed by atoms with Crippen LogP contribution < -0.4 is 14.8 Å². The standard InChI is InChI=1S/C19H20BrN3O3/c1-2-9-25-16-4-6-17(7-5-16)26-13-19(24)21-10-15-12-23-11-14(20)3-8-18(23)22-15/h3-8,11-12H,2,9-10,13H2,1H3,(H,21,24). The summed E-state index contributed by atoms with van der Waals surface area (Å²) in [5.74, 6) is 1.22. The molecule has 0 spiro atoms. The maximum atomic E-state index is 12.0. The van der Waals surface area contributed by atoms with E-state index >= 15 is 0 Å². The molecule has 0 radical (unpaired) electrons. The highest BCUT2D eigenvalue weighted by atomic mass is 79.9. The Labute approximate surface area is 160 Å². The lowest BCUT2D eigenvalue weighted by Crippen LogP contribution is -2.28. The quantitative estimate of drug-likeness (QED) is 0.608. The smallest absolute Gasteiger partial charge is 0.258 e. The third-order valence-corrected chi connectivity index (χ3v) is 4.07. The molecule has 1 N–H and O–H groups in total. The van der Waals surface area contributed by atoms with Crippen molar-refractivity contribution in [3.63, 3.8) is 0 Å². The molecule has 7 heteroatoms. The normalized spacial score (nSPS) is 10.7. The van der Waals surface area contributed by atoms with Crippen LogP contribution in [-0.4, -0.2) is 28.5 Å². The predicted molar refractivity (Wildman–Crippen MR) is 102 cm³/mol. The van der Waals surface area contributed by atoms with Crippen LogP contribution in [0.25, 0.3) is 5.65 Å². The Balaban J connectivity index is 1.46. The van der Waals surface area contributed by atoms with Crippen molar-refractivity contribution in [3.8, 4) is 11.5 Å². The van der Waals surface area contributed by atoms with Gasteiger partial charge in [-0.25, -0.2) is 4.98 Å². The minimum atomic E-state index is -0.199. The van der Waals surface area contributed by atoms with E-state index in [9.17, 15) is 4.79 Å². The van der Waals surface area contributed by atoms with Gasteiger partial charge in [0.2, 0.25) is 0 Å². The van der Waals surface area contributed by atoms with Gasteiger partial charge >= 0.3 is 0 Å². The van der Waals surface area contributed by atoms with Crippen LogP contribution in [0.4, 0.5) is 0 Å². The lowest BCUT2D eigenvalue weighted by Gasteiger charge is -2.08. The third-order valence-electron chi connectivity index (χ3n) is 3.60. The fourth-order valence-corrected chi connectivity index (χ4v) is 2.70. The number of carbonyl (C=O) groups excluding carboxylic acids is 1. The van der Waals surface area contributed by atoms with Crippen LogP contribution in [0, 0.1) is 0 Å². The Bertz CT molecular complexity index is 877. The molecule has 2 heterocycles. The minimum Gasteiger partial charge on any atom is -0.494 e. The zero-order chi connectivity index (χ0) is 18.4. The van der Waals surface area contributed by atoms with Crippen LogP contribution in [0.1, 0.15) is 19.0 Å². The summed E-state index contributed by atoms with van der Waals surface area (Å²) in [5.41, 5.74) is 1.62. The van der Waals surface area contributed by atoms with Gasteiger partial charge in [-0.2, -0.15) is 0 Å². The van der Waals surface area contributed by atoms with E-state index in [-0.39, 0.29) is 12.5 Å². The van der Waals surface area contributed by atoms with E-state index in [1.54, 1.807) is 12.1 Å².